The molecule has 442 valence electrons. The third kappa shape index (κ3) is 61.7. The van der Waals surface area contributed by atoms with Crippen LogP contribution in [0.15, 0.2) is 109 Å². The zero-order valence-corrected chi connectivity index (χ0v) is 50.3. The molecule has 0 saturated carbocycles. The van der Waals surface area contributed by atoms with Crippen molar-refractivity contribution in [2.45, 2.75) is 277 Å². The second kappa shape index (κ2) is 61.9. The SMILES string of the molecule is CC/C=C\C/C=C\C/C=C\C/C=C\C/C=C\C/C=C\C/C=C\C/C=C\CCCCCCC(=O)OC(COC(=O)CCCCCCCCCCCCCCCCC/C=C\CCCCCCCCCC)COP(=O)(O)OCCN. The summed E-state index contributed by atoms with van der Waals surface area (Å²) in [7, 11) is -4.40. The van der Waals surface area contributed by atoms with E-state index >= 15 is 0 Å². The Hall–Kier alpha value is -3.33. The number of unbranched alkanes of at least 4 members (excludes halogenated alkanes) is 27. The summed E-state index contributed by atoms with van der Waals surface area (Å²) in [6, 6.07) is 0. The van der Waals surface area contributed by atoms with Crippen molar-refractivity contribution in [3.05, 3.63) is 109 Å². The maximum Gasteiger partial charge on any atom is 0.472 e. The molecule has 0 spiro atoms. The standard InChI is InChI=1S/C67H116NO8P/c1-3-5-7-9-11-13-15-17-19-21-23-25-27-29-31-32-34-36-38-40-42-44-46-48-50-52-54-56-58-60-67(70)76-65(64-75-77(71,72)74-62-61-68)63-73-66(69)59-57-55-53-51-49-47-45-43-41-39-37-35-33-30-28-26-24-22-20-18-16-14-12-10-8-6-4-2/h5,7,11,13,17,19,22-25,29,31,34,36,40,42,46,48,65H,3-4,6,8-10,12,14-16,18,20-21,26-28,30,32-33,35,37-39,41,43-45,47,49-64,68H2,1-2H3,(H,71,72)/b7-5-,13-11-,19-17-,24-22-,25-23-,31-29-,36-34-,42-40-,48-46-. The van der Waals surface area contributed by atoms with Crippen molar-refractivity contribution in [1.29, 1.82) is 0 Å². The molecule has 0 amide bonds. The van der Waals surface area contributed by atoms with Gasteiger partial charge in [0.25, 0.3) is 0 Å². The van der Waals surface area contributed by atoms with Crippen LogP contribution in [0.1, 0.15) is 271 Å². The smallest absolute Gasteiger partial charge is 0.462 e. The van der Waals surface area contributed by atoms with E-state index in [0.29, 0.717) is 6.42 Å². The number of phosphoric acid groups is 1. The number of hydrogen-bond acceptors (Lipinski definition) is 8. The highest BCUT2D eigenvalue weighted by atomic mass is 31.2. The van der Waals surface area contributed by atoms with E-state index in [1.165, 1.54) is 141 Å². The van der Waals surface area contributed by atoms with Crippen LogP contribution < -0.4 is 5.73 Å². The monoisotopic (exact) mass is 1090 g/mol. The van der Waals surface area contributed by atoms with Crippen molar-refractivity contribution >= 4 is 19.8 Å². The van der Waals surface area contributed by atoms with Gasteiger partial charge < -0.3 is 20.1 Å². The van der Waals surface area contributed by atoms with Crippen molar-refractivity contribution in [3.63, 3.8) is 0 Å². The zero-order valence-electron chi connectivity index (χ0n) is 49.4. The van der Waals surface area contributed by atoms with E-state index in [9.17, 15) is 19.0 Å². The highest BCUT2D eigenvalue weighted by Crippen LogP contribution is 2.43. The first-order valence-corrected chi connectivity index (χ1v) is 32.9. The minimum Gasteiger partial charge on any atom is -0.462 e. The summed E-state index contributed by atoms with van der Waals surface area (Å²) in [5.41, 5.74) is 5.39. The Morgan fingerprint density at radius 3 is 1.08 bits per heavy atom. The Morgan fingerprint density at radius 2 is 0.714 bits per heavy atom. The molecule has 10 heteroatoms. The van der Waals surface area contributed by atoms with Gasteiger partial charge >= 0.3 is 19.8 Å². The zero-order chi connectivity index (χ0) is 55.9. The molecule has 77 heavy (non-hydrogen) atoms. The minimum atomic E-state index is -4.40. The molecule has 9 nitrogen and oxygen atoms in total. The maximum absolute atomic E-state index is 12.7. The Kier molecular flexibility index (Phi) is 59.2. The maximum atomic E-state index is 12.7. The van der Waals surface area contributed by atoms with Gasteiger partial charge in [-0.2, -0.15) is 0 Å². The van der Waals surface area contributed by atoms with Gasteiger partial charge in [-0.05, 0) is 103 Å². The number of allylic oxidation sites excluding steroid dienone is 18. The van der Waals surface area contributed by atoms with Crippen LogP contribution in [0.5, 0.6) is 0 Å². The van der Waals surface area contributed by atoms with E-state index in [2.05, 4.69) is 123 Å². The highest BCUT2D eigenvalue weighted by Gasteiger charge is 2.26. The van der Waals surface area contributed by atoms with Crippen LogP contribution in [0.4, 0.5) is 0 Å². The minimum absolute atomic E-state index is 0.0440. The van der Waals surface area contributed by atoms with Crippen LogP contribution in [0.3, 0.4) is 0 Å². The normalized spacial score (nSPS) is 13.8. The molecular weight excluding hydrogens is 978 g/mol. The summed E-state index contributed by atoms with van der Waals surface area (Å²) in [4.78, 5) is 35.3. The van der Waals surface area contributed by atoms with Gasteiger partial charge in [0.2, 0.25) is 0 Å². The van der Waals surface area contributed by atoms with Gasteiger partial charge in [-0.1, -0.05) is 264 Å². The van der Waals surface area contributed by atoms with Crippen LogP contribution in [-0.2, 0) is 32.7 Å². The van der Waals surface area contributed by atoms with Gasteiger partial charge in [-0.25, -0.2) is 4.57 Å². The molecule has 0 aliphatic heterocycles. The van der Waals surface area contributed by atoms with Crippen molar-refractivity contribution in [2.24, 2.45) is 5.73 Å². The molecular formula is C67H116NO8P. The first-order valence-electron chi connectivity index (χ1n) is 31.4. The van der Waals surface area contributed by atoms with Gasteiger partial charge in [-0.3, -0.25) is 18.6 Å². The average molecular weight is 1090 g/mol. The van der Waals surface area contributed by atoms with E-state index in [1.807, 2.05) is 0 Å². The van der Waals surface area contributed by atoms with Crippen LogP contribution in [0, 0.1) is 0 Å². The van der Waals surface area contributed by atoms with Crippen LogP contribution >= 0.6 is 7.82 Å². The molecule has 0 aromatic rings. The van der Waals surface area contributed by atoms with E-state index in [1.54, 1.807) is 0 Å². The van der Waals surface area contributed by atoms with E-state index < -0.39 is 26.5 Å². The average Bonchev–Trinajstić information content (AvgIpc) is 3.42. The number of carbonyl (C=O) groups excluding carboxylic acids is 2. The molecule has 2 unspecified atom stereocenters. The quantitative estimate of drug-likeness (QED) is 0.0264. The summed E-state index contributed by atoms with van der Waals surface area (Å²) in [6.07, 6.45) is 84.4. The largest absolute Gasteiger partial charge is 0.472 e. The summed E-state index contributed by atoms with van der Waals surface area (Å²) in [6.45, 7) is 3.61. The lowest BCUT2D eigenvalue weighted by molar-refractivity contribution is -0.161. The Labute approximate surface area is 473 Å². The molecule has 3 N–H and O–H groups in total. The molecule has 0 aromatic carbocycles. The highest BCUT2D eigenvalue weighted by molar-refractivity contribution is 7.47. The predicted octanol–water partition coefficient (Wildman–Crippen LogP) is 20.2. The second-order valence-corrected chi connectivity index (χ2v) is 22.0. The van der Waals surface area contributed by atoms with Crippen LogP contribution in [0.25, 0.3) is 0 Å². The molecule has 0 aliphatic carbocycles. The molecule has 0 fully saturated rings. The fourth-order valence-corrected chi connectivity index (χ4v) is 9.30. The Bertz CT molecular complexity index is 1630. The van der Waals surface area contributed by atoms with Gasteiger partial charge in [0.05, 0.1) is 13.2 Å². The topological polar surface area (TPSA) is 134 Å². The van der Waals surface area contributed by atoms with Crippen LogP contribution in [0.2, 0.25) is 0 Å². The first kappa shape index (κ1) is 73.7. The van der Waals surface area contributed by atoms with E-state index in [0.717, 1.165) is 96.3 Å². The van der Waals surface area contributed by atoms with Gasteiger partial charge in [-0.15, -0.1) is 0 Å². The van der Waals surface area contributed by atoms with Crippen molar-refractivity contribution in [1.82, 2.24) is 0 Å². The summed E-state index contributed by atoms with van der Waals surface area (Å²) in [5.74, 6) is -0.856. The summed E-state index contributed by atoms with van der Waals surface area (Å²) < 4.78 is 33.1. The first-order chi connectivity index (χ1) is 37.8. The number of phosphoric ester groups is 1. The van der Waals surface area contributed by atoms with Crippen molar-refractivity contribution < 1.29 is 37.6 Å². The number of rotatable bonds is 58. The van der Waals surface area contributed by atoms with E-state index in [4.69, 9.17) is 24.3 Å². The number of hydrogen-bond donors (Lipinski definition) is 2. The number of esters is 2. The predicted molar refractivity (Wildman–Crippen MR) is 330 cm³/mol. The lowest BCUT2D eigenvalue weighted by Crippen LogP contribution is -2.29. The summed E-state index contributed by atoms with van der Waals surface area (Å²) >= 11 is 0. The Balaban J connectivity index is 4.02. The fourth-order valence-electron chi connectivity index (χ4n) is 8.53. The van der Waals surface area contributed by atoms with Crippen LogP contribution in [-0.4, -0.2) is 49.3 Å². The van der Waals surface area contributed by atoms with Gasteiger partial charge in [0.15, 0.2) is 6.10 Å². The molecule has 0 bridgehead atoms. The van der Waals surface area contributed by atoms with Gasteiger partial charge in [0.1, 0.15) is 6.61 Å². The second-order valence-electron chi connectivity index (χ2n) is 20.5. The van der Waals surface area contributed by atoms with Crippen molar-refractivity contribution in [3.8, 4) is 0 Å². The lowest BCUT2D eigenvalue weighted by Gasteiger charge is -2.19. The number of carbonyl (C=O) groups is 2. The summed E-state index contributed by atoms with van der Waals surface area (Å²) in [5, 5.41) is 0. The molecule has 0 rings (SSSR count). The Morgan fingerprint density at radius 1 is 0.403 bits per heavy atom. The number of ether oxygens (including phenoxy) is 2. The van der Waals surface area contributed by atoms with Gasteiger partial charge in [0, 0.05) is 19.4 Å². The molecule has 0 heterocycles. The number of nitrogens with two attached hydrogens (primary N) is 1. The third-order valence-corrected chi connectivity index (χ3v) is 14.1. The molecule has 2 atom stereocenters. The molecule has 0 saturated heterocycles. The van der Waals surface area contributed by atoms with Crippen molar-refractivity contribution in [2.75, 3.05) is 26.4 Å². The molecule has 0 aliphatic rings. The molecule has 0 aromatic heterocycles. The van der Waals surface area contributed by atoms with E-state index in [-0.39, 0.29) is 38.6 Å². The third-order valence-electron chi connectivity index (χ3n) is 13.1. The molecule has 0 radical (unpaired) electrons. The fraction of sp³-hybridized carbons (Fsp3) is 0.701. The lowest BCUT2D eigenvalue weighted by atomic mass is 10.0.